The van der Waals surface area contributed by atoms with E-state index < -0.39 is 11.4 Å². The number of hydrogen-bond donors (Lipinski definition) is 1. The summed E-state index contributed by atoms with van der Waals surface area (Å²) in [5, 5.41) is 14.8. The average Bonchev–Trinajstić information content (AvgIpc) is 3.42. The van der Waals surface area contributed by atoms with Crippen molar-refractivity contribution in [3.63, 3.8) is 0 Å². The van der Waals surface area contributed by atoms with Crippen LogP contribution in [0.15, 0.2) is 61.1 Å². The molecule has 6 heteroatoms. The van der Waals surface area contributed by atoms with Crippen molar-refractivity contribution in [2.75, 3.05) is 13.1 Å². The van der Waals surface area contributed by atoms with E-state index >= 15 is 0 Å². The summed E-state index contributed by atoms with van der Waals surface area (Å²) in [6.07, 6.45) is 8.47. The molecule has 1 saturated heterocycles. The maximum absolute atomic E-state index is 12.0. The second-order valence-electron chi connectivity index (χ2n) is 8.24. The van der Waals surface area contributed by atoms with Crippen molar-refractivity contribution < 1.29 is 9.90 Å². The second kappa shape index (κ2) is 7.12. The van der Waals surface area contributed by atoms with E-state index in [0.29, 0.717) is 13.1 Å². The minimum Gasteiger partial charge on any atom is -0.481 e. The van der Waals surface area contributed by atoms with E-state index in [9.17, 15) is 9.90 Å². The number of para-hydroxylation sites is 1. The zero-order valence-corrected chi connectivity index (χ0v) is 16.2. The van der Waals surface area contributed by atoms with E-state index in [4.69, 9.17) is 5.10 Å². The quantitative estimate of drug-likeness (QED) is 0.723. The van der Waals surface area contributed by atoms with Crippen LogP contribution in [0.25, 0.3) is 16.9 Å². The Morgan fingerprint density at radius 3 is 2.69 bits per heavy atom. The lowest BCUT2D eigenvalue weighted by atomic mass is 9.81. The summed E-state index contributed by atoms with van der Waals surface area (Å²) in [4.78, 5) is 18.5. The molecular formula is C23H24N4O2. The van der Waals surface area contributed by atoms with Crippen molar-refractivity contribution in [2.45, 2.75) is 25.8 Å². The summed E-state index contributed by atoms with van der Waals surface area (Å²) in [6, 6.07) is 14.0. The second-order valence-corrected chi connectivity index (χ2v) is 8.24. The molecule has 29 heavy (non-hydrogen) atoms. The number of pyridine rings is 1. The van der Waals surface area contributed by atoms with Gasteiger partial charge in [-0.2, -0.15) is 5.10 Å². The molecule has 1 aliphatic heterocycles. The zero-order valence-electron chi connectivity index (χ0n) is 16.2. The highest BCUT2D eigenvalue weighted by Crippen LogP contribution is 2.49. The van der Waals surface area contributed by atoms with E-state index in [-0.39, 0.29) is 5.92 Å². The molecule has 148 valence electrons. The third kappa shape index (κ3) is 3.13. The number of carboxylic acids is 1. The predicted molar refractivity (Wildman–Crippen MR) is 109 cm³/mol. The number of nitrogens with zero attached hydrogens (tertiary/aromatic N) is 4. The number of carboxylic acid groups (broad SMARTS) is 1. The average molecular weight is 388 g/mol. The summed E-state index contributed by atoms with van der Waals surface area (Å²) in [5.74, 6) is -0.370. The van der Waals surface area contributed by atoms with Crippen molar-refractivity contribution in [3.05, 3.63) is 66.6 Å². The van der Waals surface area contributed by atoms with Crippen LogP contribution >= 0.6 is 0 Å². The molecule has 2 aromatic heterocycles. The normalized spacial score (nSPS) is 23.9. The standard InChI is InChI=1S/C23H24N4O2/c28-22(29)23-10-4-5-19(23)15-26(16-23)13-18-14-27(20-6-2-1-3-7-20)25-21(18)17-8-11-24-12-9-17/h1-3,6-9,11-12,14,19H,4-5,10,13,15-16H2,(H,28,29)/t19-,23+/m0/s1. The number of aromatic nitrogens is 3. The van der Waals surface area contributed by atoms with Gasteiger partial charge in [0.1, 0.15) is 0 Å². The molecule has 2 aliphatic rings. The van der Waals surface area contributed by atoms with Gasteiger partial charge in [0.05, 0.1) is 16.8 Å². The number of hydrogen-bond acceptors (Lipinski definition) is 4. The predicted octanol–water partition coefficient (Wildman–Crippen LogP) is 3.62. The Kier molecular flexibility index (Phi) is 4.43. The highest BCUT2D eigenvalue weighted by molar-refractivity contribution is 5.76. The monoisotopic (exact) mass is 388 g/mol. The van der Waals surface area contributed by atoms with Gasteiger partial charge < -0.3 is 5.11 Å². The first-order valence-electron chi connectivity index (χ1n) is 10.2. The lowest BCUT2D eigenvalue weighted by molar-refractivity contribution is -0.149. The van der Waals surface area contributed by atoms with Crippen LogP contribution in [-0.4, -0.2) is 43.8 Å². The van der Waals surface area contributed by atoms with Gasteiger partial charge in [0.15, 0.2) is 0 Å². The minimum absolute atomic E-state index is 0.258. The molecule has 1 N–H and O–H groups in total. The number of fused-ring (bicyclic) bond motifs is 1. The van der Waals surface area contributed by atoms with Gasteiger partial charge >= 0.3 is 5.97 Å². The number of likely N-dealkylation sites (tertiary alicyclic amines) is 1. The molecule has 0 bridgehead atoms. The van der Waals surface area contributed by atoms with Crippen molar-refractivity contribution in [1.82, 2.24) is 19.7 Å². The minimum atomic E-state index is -0.628. The molecule has 0 amide bonds. The van der Waals surface area contributed by atoms with Crippen molar-refractivity contribution in [3.8, 4) is 16.9 Å². The highest BCUT2D eigenvalue weighted by atomic mass is 16.4. The van der Waals surface area contributed by atoms with E-state index in [0.717, 1.165) is 48.3 Å². The molecular weight excluding hydrogens is 364 g/mol. The molecule has 0 unspecified atom stereocenters. The Hall–Kier alpha value is -2.99. The Morgan fingerprint density at radius 1 is 1.17 bits per heavy atom. The highest BCUT2D eigenvalue weighted by Gasteiger charge is 2.54. The Labute approximate surface area is 169 Å². The molecule has 1 saturated carbocycles. The first-order valence-corrected chi connectivity index (χ1v) is 10.2. The van der Waals surface area contributed by atoms with Crippen LogP contribution in [0.5, 0.6) is 0 Å². The van der Waals surface area contributed by atoms with Crippen LogP contribution < -0.4 is 0 Å². The van der Waals surface area contributed by atoms with Gasteiger partial charge in [-0.3, -0.25) is 14.7 Å². The molecule has 0 radical (unpaired) electrons. The Balaban J connectivity index is 1.48. The van der Waals surface area contributed by atoms with Gasteiger partial charge in [-0.05, 0) is 43.0 Å². The third-order valence-electron chi connectivity index (χ3n) is 6.53. The molecule has 0 spiro atoms. The Morgan fingerprint density at radius 2 is 1.97 bits per heavy atom. The molecule has 2 atom stereocenters. The lowest BCUT2D eigenvalue weighted by Gasteiger charge is -2.23. The number of rotatable bonds is 5. The smallest absolute Gasteiger partial charge is 0.311 e. The van der Waals surface area contributed by atoms with Crippen molar-refractivity contribution >= 4 is 5.97 Å². The van der Waals surface area contributed by atoms with Gasteiger partial charge in [0.25, 0.3) is 0 Å². The van der Waals surface area contributed by atoms with Crippen molar-refractivity contribution in [2.24, 2.45) is 11.3 Å². The molecule has 3 aromatic rings. The fourth-order valence-corrected chi connectivity index (χ4v) is 5.10. The zero-order chi connectivity index (χ0) is 19.8. The van der Waals surface area contributed by atoms with Crippen LogP contribution in [0.1, 0.15) is 24.8 Å². The van der Waals surface area contributed by atoms with Gasteiger partial charge in [-0.25, -0.2) is 4.68 Å². The molecule has 6 nitrogen and oxygen atoms in total. The van der Waals surface area contributed by atoms with E-state index in [1.54, 1.807) is 12.4 Å². The van der Waals surface area contributed by atoms with E-state index in [1.807, 2.05) is 47.1 Å². The van der Waals surface area contributed by atoms with Gasteiger partial charge in [0.2, 0.25) is 0 Å². The lowest BCUT2D eigenvalue weighted by Crippen LogP contribution is -2.35. The number of carbonyl (C=O) groups is 1. The first-order chi connectivity index (χ1) is 14.2. The molecule has 1 aliphatic carbocycles. The summed E-state index contributed by atoms with van der Waals surface area (Å²) in [6.45, 7) is 2.17. The van der Waals surface area contributed by atoms with Crippen molar-refractivity contribution in [1.29, 1.82) is 0 Å². The maximum Gasteiger partial charge on any atom is 0.311 e. The summed E-state index contributed by atoms with van der Waals surface area (Å²) < 4.78 is 1.91. The van der Waals surface area contributed by atoms with Crippen LogP contribution in [-0.2, 0) is 11.3 Å². The molecule has 1 aromatic carbocycles. The largest absolute Gasteiger partial charge is 0.481 e. The molecule has 5 rings (SSSR count). The summed E-state index contributed by atoms with van der Waals surface area (Å²) in [5.41, 5.74) is 3.51. The molecule has 3 heterocycles. The van der Waals surface area contributed by atoms with Crippen LogP contribution in [0.4, 0.5) is 0 Å². The number of benzene rings is 1. The van der Waals surface area contributed by atoms with Gasteiger partial charge in [-0.1, -0.05) is 24.6 Å². The SMILES string of the molecule is O=C(O)[C@@]12CCC[C@H]1CN(Cc1cn(-c3ccccc3)nc1-c1ccncc1)C2. The fourth-order valence-electron chi connectivity index (χ4n) is 5.10. The Bertz CT molecular complexity index is 1020. The van der Waals surface area contributed by atoms with E-state index in [2.05, 4.69) is 16.1 Å². The topological polar surface area (TPSA) is 71.2 Å². The molecule has 2 fully saturated rings. The fraction of sp³-hybridized carbons (Fsp3) is 0.348. The van der Waals surface area contributed by atoms with Crippen LogP contribution in [0, 0.1) is 11.3 Å². The first kappa shape index (κ1) is 18.1. The summed E-state index contributed by atoms with van der Waals surface area (Å²) in [7, 11) is 0. The van der Waals surface area contributed by atoms with Gasteiger partial charge in [-0.15, -0.1) is 0 Å². The van der Waals surface area contributed by atoms with Crippen LogP contribution in [0.2, 0.25) is 0 Å². The van der Waals surface area contributed by atoms with E-state index in [1.165, 1.54) is 0 Å². The van der Waals surface area contributed by atoms with Crippen LogP contribution in [0.3, 0.4) is 0 Å². The van der Waals surface area contributed by atoms with Gasteiger partial charge in [0, 0.05) is 49.4 Å². The maximum atomic E-state index is 12.0. The number of aliphatic carboxylic acids is 1. The third-order valence-corrected chi connectivity index (χ3v) is 6.53. The summed E-state index contributed by atoms with van der Waals surface area (Å²) >= 11 is 0.